The van der Waals surface area contributed by atoms with Crippen LogP contribution in [0.25, 0.3) is 11.5 Å². The number of hydrogen-bond donors (Lipinski definition) is 1. The summed E-state index contributed by atoms with van der Waals surface area (Å²) in [6, 6.07) is 4.29. The number of aromatic nitrogens is 3. The normalized spacial score (nSPS) is 16.8. The van der Waals surface area contributed by atoms with Crippen molar-refractivity contribution in [2.45, 2.75) is 58.4 Å². The fourth-order valence-corrected chi connectivity index (χ4v) is 3.17. The molecule has 22 heavy (non-hydrogen) atoms. The van der Waals surface area contributed by atoms with Crippen LogP contribution in [-0.4, -0.2) is 21.2 Å². The van der Waals surface area contributed by atoms with Gasteiger partial charge < -0.3 is 9.84 Å². The third kappa shape index (κ3) is 3.84. The van der Waals surface area contributed by atoms with E-state index >= 15 is 0 Å². The van der Waals surface area contributed by atoms with Crippen LogP contribution in [0.5, 0.6) is 0 Å². The molecule has 0 spiro atoms. The van der Waals surface area contributed by atoms with Crippen LogP contribution >= 0.6 is 0 Å². The zero-order valence-electron chi connectivity index (χ0n) is 13.4. The van der Waals surface area contributed by atoms with Crippen LogP contribution in [0.1, 0.15) is 51.3 Å². The number of hydrogen-bond acceptors (Lipinski definition) is 5. The van der Waals surface area contributed by atoms with Gasteiger partial charge in [0, 0.05) is 17.8 Å². The first-order valence-corrected chi connectivity index (χ1v) is 8.24. The van der Waals surface area contributed by atoms with Gasteiger partial charge in [0.05, 0.1) is 0 Å². The zero-order chi connectivity index (χ0) is 15.4. The second kappa shape index (κ2) is 6.90. The minimum Gasteiger partial charge on any atom is -0.368 e. The predicted molar refractivity (Wildman–Crippen MR) is 86.5 cm³/mol. The first-order chi connectivity index (χ1) is 10.7. The van der Waals surface area contributed by atoms with Crippen LogP contribution in [0.3, 0.4) is 0 Å². The third-order valence-electron chi connectivity index (χ3n) is 4.41. The summed E-state index contributed by atoms with van der Waals surface area (Å²) in [5.41, 5.74) is 0.904. The van der Waals surface area contributed by atoms with E-state index in [1.807, 2.05) is 19.1 Å². The molecule has 5 nitrogen and oxygen atoms in total. The van der Waals surface area contributed by atoms with Crippen LogP contribution < -0.4 is 5.32 Å². The maximum absolute atomic E-state index is 5.21. The van der Waals surface area contributed by atoms with E-state index in [-0.39, 0.29) is 0 Å². The number of nitrogens with zero attached hydrogens (tertiary/aromatic N) is 3. The number of nitrogens with one attached hydrogen (secondary N) is 1. The highest BCUT2D eigenvalue weighted by atomic mass is 16.5. The van der Waals surface area contributed by atoms with Gasteiger partial charge in [-0.2, -0.15) is 4.98 Å². The van der Waals surface area contributed by atoms with Gasteiger partial charge in [-0.05, 0) is 44.7 Å². The molecule has 1 aliphatic rings. The van der Waals surface area contributed by atoms with Crippen molar-refractivity contribution in [2.24, 2.45) is 5.92 Å². The smallest absolute Gasteiger partial charge is 0.258 e. The second-order valence-electron chi connectivity index (χ2n) is 6.35. The minimum absolute atomic E-state index is 0.424. The Hall–Kier alpha value is -1.91. The Bertz CT molecular complexity index is 604. The molecule has 0 bridgehead atoms. The lowest BCUT2D eigenvalue weighted by molar-refractivity contribution is 0.425. The fourth-order valence-electron chi connectivity index (χ4n) is 3.17. The van der Waals surface area contributed by atoms with Gasteiger partial charge in [0.2, 0.25) is 0 Å². The lowest BCUT2D eigenvalue weighted by Gasteiger charge is -2.17. The molecule has 1 aliphatic carbocycles. The Kier molecular flexibility index (Phi) is 4.71. The molecule has 1 saturated carbocycles. The summed E-state index contributed by atoms with van der Waals surface area (Å²) in [7, 11) is 0. The van der Waals surface area contributed by atoms with E-state index in [0.717, 1.165) is 17.3 Å². The Labute approximate surface area is 131 Å². The number of anilines is 1. The molecule has 0 aliphatic heterocycles. The summed E-state index contributed by atoms with van der Waals surface area (Å²) in [4.78, 5) is 8.65. The van der Waals surface area contributed by atoms with Crippen molar-refractivity contribution in [1.82, 2.24) is 15.1 Å². The first-order valence-electron chi connectivity index (χ1n) is 8.24. The SMILES string of the molecule is Cc1noc(-c2ccnc(NC(C)CCC3CCCC3)c2)n1. The van der Waals surface area contributed by atoms with Crippen molar-refractivity contribution in [3.63, 3.8) is 0 Å². The van der Waals surface area contributed by atoms with E-state index in [4.69, 9.17) is 4.52 Å². The second-order valence-corrected chi connectivity index (χ2v) is 6.35. The quantitative estimate of drug-likeness (QED) is 0.865. The molecule has 0 aromatic carbocycles. The average Bonchev–Trinajstić information content (AvgIpc) is 3.17. The van der Waals surface area contributed by atoms with Gasteiger partial charge in [0.25, 0.3) is 5.89 Å². The van der Waals surface area contributed by atoms with Gasteiger partial charge in [0.1, 0.15) is 5.82 Å². The molecule has 1 unspecified atom stereocenters. The highest BCUT2D eigenvalue weighted by Gasteiger charge is 2.16. The molecule has 0 radical (unpaired) electrons. The molecule has 118 valence electrons. The molecule has 1 atom stereocenters. The number of aryl methyl sites for hydroxylation is 1. The van der Waals surface area contributed by atoms with Crippen LogP contribution in [0.2, 0.25) is 0 Å². The summed E-state index contributed by atoms with van der Waals surface area (Å²) in [5, 5.41) is 7.31. The van der Waals surface area contributed by atoms with E-state index in [1.54, 1.807) is 6.20 Å². The summed E-state index contributed by atoms with van der Waals surface area (Å²) >= 11 is 0. The standard InChI is InChI=1S/C17H24N4O/c1-12(7-8-14-5-3-4-6-14)19-16-11-15(9-10-18-16)17-20-13(2)21-22-17/h9-12,14H,3-8H2,1-2H3,(H,18,19). The highest BCUT2D eigenvalue weighted by molar-refractivity contribution is 5.57. The number of rotatable bonds is 6. The zero-order valence-corrected chi connectivity index (χ0v) is 13.4. The average molecular weight is 300 g/mol. The maximum Gasteiger partial charge on any atom is 0.258 e. The monoisotopic (exact) mass is 300 g/mol. The Morgan fingerprint density at radius 3 is 2.91 bits per heavy atom. The molecule has 5 heteroatoms. The van der Waals surface area contributed by atoms with E-state index in [9.17, 15) is 0 Å². The van der Waals surface area contributed by atoms with E-state index in [1.165, 1.54) is 38.5 Å². The Morgan fingerprint density at radius 1 is 1.36 bits per heavy atom. The Morgan fingerprint density at radius 2 is 2.18 bits per heavy atom. The topological polar surface area (TPSA) is 63.8 Å². The van der Waals surface area contributed by atoms with E-state index < -0.39 is 0 Å². The van der Waals surface area contributed by atoms with Crippen LogP contribution in [0.4, 0.5) is 5.82 Å². The predicted octanol–water partition coefficient (Wildman–Crippen LogP) is 4.21. The molecule has 2 aromatic rings. The molecule has 1 fully saturated rings. The van der Waals surface area contributed by atoms with Crippen LogP contribution in [0.15, 0.2) is 22.9 Å². The van der Waals surface area contributed by atoms with Gasteiger partial charge in [-0.25, -0.2) is 4.98 Å². The van der Waals surface area contributed by atoms with Gasteiger partial charge >= 0.3 is 0 Å². The lowest BCUT2D eigenvalue weighted by atomic mass is 9.99. The molecule has 0 saturated heterocycles. The van der Waals surface area contributed by atoms with Crippen molar-refractivity contribution in [3.8, 4) is 11.5 Å². The molecule has 2 aromatic heterocycles. The highest BCUT2D eigenvalue weighted by Crippen LogP contribution is 2.29. The Balaban J connectivity index is 1.57. The van der Waals surface area contributed by atoms with Gasteiger partial charge in [-0.15, -0.1) is 0 Å². The molecule has 1 N–H and O–H groups in total. The van der Waals surface area contributed by atoms with Crippen molar-refractivity contribution in [1.29, 1.82) is 0 Å². The van der Waals surface area contributed by atoms with Crippen LogP contribution in [-0.2, 0) is 0 Å². The summed E-state index contributed by atoms with van der Waals surface area (Å²) in [6.45, 7) is 4.04. The fraction of sp³-hybridized carbons (Fsp3) is 0.588. The summed E-state index contributed by atoms with van der Waals surface area (Å²) in [5.74, 6) is 2.99. The van der Waals surface area contributed by atoms with Crippen molar-refractivity contribution in [2.75, 3.05) is 5.32 Å². The van der Waals surface area contributed by atoms with Gasteiger partial charge in [0.15, 0.2) is 5.82 Å². The maximum atomic E-state index is 5.21. The minimum atomic E-state index is 0.424. The molecular formula is C17H24N4O. The lowest BCUT2D eigenvalue weighted by Crippen LogP contribution is -2.17. The largest absolute Gasteiger partial charge is 0.368 e. The van der Waals surface area contributed by atoms with Crippen molar-refractivity contribution >= 4 is 5.82 Å². The molecular weight excluding hydrogens is 276 g/mol. The van der Waals surface area contributed by atoms with Crippen LogP contribution in [0, 0.1) is 12.8 Å². The summed E-state index contributed by atoms with van der Waals surface area (Å²) in [6.07, 6.45) is 9.95. The van der Waals surface area contributed by atoms with E-state index in [0.29, 0.717) is 17.8 Å². The van der Waals surface area contributed by atoms with Crippen molar-refractivity contribution in [3.05, 3.63) is 24.2 Å². The third-order valence-corrected chi connectivity index (χ3v) is 4.41. The van der Waals surface area contributed by atoms with Gasteiger partial charge in [-0.1, -0.05) is 30.8 Å². The molecule has 2 heterocycles. The molecule has 3 rings (SSSR count). The number of pyridine rings is 1. The van der Waals surface area contributed by atoms with Gasteiger partial charge in [-0.3, -0.25) is 0 Å². The summed E-state index contributed by atoms with van der Waals surface area (Å²) < 4.78 is 5.21. The van der Waals surface area contributed by atoms with E-state index in [2.05, 4.69) is 27.4 Å². The first kappa shape index (κ1) is 15.0. The van der Waals surface area contributed by atoms with Crippen molar-refractivity contribution < 1.29 is 4.52 Å². The molecule has 0 amide bonds.